The number of benzene rings is 1. The summed E-state index contributed by atoms with van der Waals surface area (Å²) in [5, 5.41) is 10.5. The van der Waals surface area contributed by atoms with Crippen molar-refractivity contribution in [2.24, 2.45) is 5.92 Å². The summed E-state index contributed by atoms with van der Waals surface area (Å²) in [5.74, 6) is 0.436. The number of hydrogen-bond donors (Lipinski definition) is 2. The van der Waals surface area contributed by atoms with E-state index in [1.165, 1.54) is 6.33 Å². The molecule has 0 bridgehead atoms. The van der Waals surface area contributed by atoms with Gasteiger partial charge in [0.2, 0.25) is 5.91 Å². The van der Waals surface area contributed by atoms with E-state index in [4.69, 9.17) is 0 Å². The summed E-state index contributed by atoms with van der Waals surface area (Å²) in [6.45, 7) is 4.96. The van der Waals surface area contributed by atoms with Gasteiger partial charge in [-0.05, 0) is 68.8 Å². The molecule has 8 nitrogen and oxygen atoms in total. The number of rotatable bonds is 5. The van der Waals surface area contributed by atoms with Crippen LogP contribution in [0.5, 0.6) is 0 Å². The van der Waals surface area contributed by atoms with Gasteiger partial charge in [-0.2, -0.15) is 5.10 Å². The van der Waals surface area contributed by atoms with E-state index in [2.05, 4.69) is 20.7 Å². The molecule has 1 aromatic carbocycles. The highest BCUT2D eigenvalue weighted by atomic mass is 35.5. The van der Waals surface area contributed by atoms with Gasteiger partial charge in [-0.1, -0.05) is 0 Å². The molecule has 2 saturated heterocycles. The molecule has 2 atom stereocenters. The van der Waals surface area contributed by atoms with Crippen LogP contribution in [0.4, 0.5) is 0 Å². The molecule has 2 amide bonds. The van der Waals surface area contributed by atoms with Crippen LogP contribution >= 0.6 is 12.4 Å². The maximum absolute atomic E-state index is 13.0. The lowest BCUT2D eigenvalue weighted by atomic mass is 9.97. The van der Waals surface area contributed by atoms with Crippen molar-refractivity contribution in [3.8, 4) is 5.69 Å². The Labute approximate surface area is 182 Å². The molecule has 2 unspecified atom stereocenters. The third-order valence-electron chi connectivity index (χ3n) is 5.86. The van der Waals surface area contributed by atoms with Gasteiger partial charge in [-0.25, -0.2) is 9.67 Å². The van der Waals surface area contributed by atoms with Gasteiger partial charge in [0.25, 0.3) is 5.91 Å². The molecule has 2 aromatic rings. The number of amides is 2. The van der Waals surface area contributed by atoms with Gasteiger partial charge < -0.3 is 15.5 Å². The molecule has 30 heavy (non-hydrogen) atoms. The zero-order chi connectivity index (χ0) is 20.2. The van der Waals surface area contributed by atoms with Crippen molar-refractivity contribution >= 4 is 24.2 Å². The molecule has 3 heterocycles. The monoisotopic (exact) mass is 432 g/mol. The minimum atomic E-state index is -0.0530. The van der Waals surface area contributed by atoms with Crippen LogP contribution in [0.15, 0.2) is 30.9 Å². The largest absolute Gasteiger partial charge is 0.354 e. The maximum atomic E-state index is 13.0. The minimum Gasteiger partial charge on any atom is -0.354 e. The Morgan fingerprint density at radius 2 is 2.13 bits per heavy atom. The molecule has 2 fully saturated rings. The van der Waals surface area contributed by atoms with Gasteiger partial charge in [-0.3, -0.25) is 9.59 Å². The Morgan fingerprint density at radius 3 is 2.83 bits per heavy atom. The fraction of sp³-hybridized carbons (Fsp3) is 0.524. The standard InChI is InChI=1S/C21H28N6O2.ClH/c1-15-10-17(6-7-19(15)27-14-22-13-25-27)21(29)26-9-3-4-16(12-26)11-24-20(28)18-5-2-8-23-18;/h6-7,10,13-14,16,18,23H,2-5,8-9,11-12H2,1H3,(H,24,28);1H. The van der Waals surface area contributed by atoms with Crippen LogP contribution in [0.3, 0.4) is 0 Å². The highest BCUT2D eigenvalue weighted by Gasteiger charge is 2.27. The first-order valence-electron chi connectivity index (χ1n) is 10.4. The number of hydrogen-bond acceptors (Lipinski definition) is 5. The van der Waals surface area contributed by atoms with E-state index in [1.54, 1.807) is 11.0 Å². The number of piperidine rings is 1. The summed E-state index contributed by atoms with van der Waals surface area (Å²) < 4.78 is 1.70. The van der Waals surface area contributed by atoms with E-state index in [9.17, 15) is 9.59 Å². The molecule has 0 radical (unpaired) electrons. The quantitative estimate of drug-likeness (QED) is 0.750. The Balaban J connectivity index is 0.00000256. The van der Waals surface area contributed by atoms with E-state index >= 15 is 0 Å². The van der Waals surface area contributed by atoms with Crippen molar-refractivity contribution in [2.45, 2.75) is 38.6 Å². The van der Waals surface area contributed by atoms with Gasteiger partial charge >= 0.3 is 0 Å². The summed E-state index contributed by atoms with van der Waals surface area (Å²) in [7, 11) is 0. The summed E-state index contributed by atoms with van der Waals surface area (Å²) in [4.78, 5) is 31.2. The minimum absolute atomic E-state index is 0. The molecule has 9 heteroatoms. The van der Waals surface area contributed by atoms with E-state index in [-0.39, 0.29) is 30.3 Å². The van der Waals surface area contributed by atoms with Crippen molar-refractivity contribution in [3.05, 3.63) is 42.0 Å². The summed E-state index contributed by atoms with van der Waals surface area (Å²) in [6, 6.07) is 5.62. The highest BCUT2D eigenvalue weighted by Crippen LogP contribution is 2.21. The number of nitrogens with zero attached hydrogens (tertiary/aromatic N) is 4. The average molecular weight is 433 g/mol. The molecule has 0 spiro atoms. The second kappa shape index (κ2) is 10.0. The lowest BCUT2D eigenvalue weighted by molar-refractivity contribution is -0.123. The zero-order valence-electron chi connectivity index (χ0n) is 17.2. The van der Waals surface area contributed by atoms with Crippen LogP contribution in [-0.2, 0) is 4.79 Å². The van der Waals surface area contributed by atoms with Crippen LogP contribution in [-0.4, -0.2) is 63.7 Å². The van der Waals surface area contributed by atoms with Crippen molar-refractivity contribution in [1.82, 2.24) is 30.3 Å². The Hall–Kier alpha value is -2.45. The predicted octanol–water partition coefficient (Wildman–Crippen LogP) is 1.72. The van der Waals surface area contributed by atoms with Crippen LogP contribution in [0.2, 0.25) is 0 Å². The van der Waals surface area contributed by atoms with Crippen molar-refractivity contribution in [1.29, 1.82) is 0 Å². The topological polar surface area (TPSA) is 92.2 Å². The van der Waals surface area contributed by atoms with Gasteiger partial charge in [0.15, 0.2) is 0 Å². The third-order valence-corrected chi connectivity index (χ3v) is 5.86. The average Bonchev–Trinajstić information content (AvgIpc) is 3.46. The zero-order valence-corrected chi connectivity index (χ0v) is 18.0. The lowest BCUT2D eigenvalue weighted by Crippen LogP contribution is -2.46. The SMILES string of the molecule is Cc1cc(C(=O)N2CCCC(CNC(=O)C3CCCN3)C2)ccc1-n1cncn1.Cl. The number of carbonyl (C=O) groups excluding carboxylic acids is 2. The number of halogens is 1. The fourth-order valence-electron chi connectivity index (χ4n) is 4.25. The molecule has 2 aliphatic heterocycles. The van der Waals surface area contributed by atoms with E-state index in [1.807, 2.05) is 30.0 Å². The van der Waals surface area contributed by atoms with Gasteiger partial charge in [0.05, 0.1) is 11.7 Å². The van der Waals surface area contributed by atoms with Crippen molar-refractivity contribution < 1.29 is 9.59 Å². The molecule has 0 saturated carbocycles. The first kappa shape index (κ1) is 22.2. The summed E-state index contributed by atoms with van der Waals surface area (Å²) >= 11 is 0. The molecule has 2 N–H and O–H groups in total. The van der Waals surface area contributed by atoms with Crippen molar-refractivity contribution in [3.63, 3.8) is 0 Å². The van der Waals surface area contributed by atoms with Crippen LogP contribution in [0.1, 0.15) is 41.6 Å². The predicted molar refractivity (Wildman–Crippen MR) is 116 cm³/mol. The van der Waals surface area contributed by atoms with E-state index < -0.39 is 0 Å². The molecule has 1 aromatic heterocycles. The second-order valence-electron chi connectivity index (χ2n) is 7.99. The number of likely N-dealkylation sites (tertiary alicyclic amines) is 1. The summed E-state index contributed by atoms with van der Waals surface area (Å²) in [5.41, 5.74) is 2.58. The van der Waals surface area contributed by atoms with E-state index in [0.29, 0.717) is 24.6 Å². The smallest absolute Gasteiger partial charge is 0.253 e. The molecule has 0 aliphatic carbocycles. The fourth-order valence-corrected chi connectivity index (χ4v) is 4.25. The van der Waals surface area contributed by atoms with Gasteiger partial charge in [-0.15, -0.1) is 12.4 Å². The Bertz CT molecular complexity index is 866. The number of nitrogens with one attached hydrogen (secondary N) is 2. The molecule has 162 valence electrons. The molecule has 2 aliphatic rings. The third kappa shape index (κ3) is 4.99. The normalized spacial score (nSPS) is 21.2. The summed E-state index contributed by atoms with van der Waals surface area (Å²) in [6.07, 6.45) is 7.10. The molecule has 4 rings (SSSR count). The van der Waals surface area contributed by atoms with E-state index in [0.717, 1.165) is 50.0 Å². The maximum Gasteiger partial charge on any atom is 0.253 e. The number of aromatic nitrogens is 3. The van der Waals surface area contributed by atoms with Crippen LogP contribution in [0.25, 0.3) is 5.69 Å². The first-order valence-corrected chi connectivity index (χ1v) is 10.4. The molecular formula is C21H29ClN6O2. The van der Waals surface area contributed by atoms with Crippen molar-refractivity contribution in [2.75, 3.05) is 26.2 Å². The highest BCUT2D eigenvalue weighted by molar-refractivity contribution is 5.94. The first-order chi connectivity index (χ1) is 14.1. The Morgan fingerprint density at radius 1 is 1.27 bits per heavy atom. The number of aryl methyl sites for hydroxylation is 1. The van der Waals surface area contributed by atoms with Crippen LogP contribution < -0.4 is 10.6 Å². The second-order valence-corrected chi connectivity index (χ2v) is 7.99. The molecular weight excluding hydrogens is 404 g/mol. The van der Waals surface area contributed by atoms with Crippen LogP contribution in [0, 0.1) is 12.8 Å². The number of carbonyl (C=O) groups is 2. The Kier molecular flexibility index (Phi) is 7.44. The van der Waals surface area contributed by atoms with Gasteiger partial charge in [0.1, 0.15) is 12.7 Å². The lowest BCUT2D eigenvalue weighted by Gasteiger charge is -2.33. The van der Waals surface area contributed by atoms with Gasteiger partial charge in [0, 0.05) is 25.2 Å².